The first kappa shape index (κ1) is 11.1. The zero-order chi connectivity index (χ0) is 12.3. The van der Waals surface area contributed by atoms with E-state index in [0.29, 0.717) is 5.56 Å². The molecule has 0 unspecified atom stereocenters. The molecule has 84 valence electrons. The van der Waals surface area contributed by atoms with Crippen LogP contribution in [0.1, 0.15) is 11.1 Å². The van der Waals surface area contributed by atoms with Crippen LogP contribution in [0.15, 0.2) is 36.7 Å². The van der Waals surface area contributed by atoms with Gasteiger partial charge in [-0.1, -0.05) is 6.07 Å². The summed E-state index contributed by atoms with van der Waals surface area (Å²) in [7, 11) is 0. The first-order valence-corrected chi connectivity index (χ1v) is 4.99. The van der Waals surface area contributed by atoms with Gasteiger partial charge in [-0.25, -0.2) is 4.39 Å². The molecule has 17 heavy (non-hydrogen) atoms. The summed E-state index contributed by atoms with van der Waals surface area (Å²) < 4.78 is 18.8. The first-order chi connectivity index (χ1) is 8.20. The molecule has 0 N–H and O–H groups in total. The lowest BCUT2D eigenvalue weighted by atomic mass is 10.2. The van der Waals surface area contributed by atoms with E-state index in [1.54, 1.807) is 12.1 Å². The lowest BCUT2D eigenvalue weighted by Crippen LogP contribution is -1.92. The molecule has 0 bridgehead atoms. The van der Waals surface area contributed by atoms with Crippen molar-refractivity contribution in [3.05, 3.63) is 53.6 Å². The molecule has 0 fully saturated rings. The fourth-order valence-electron chi connectivity index (χ4n) is 1.36. The smallest absolute Gasteiger partial charge is 0.165 e. The third-order valence-corrected chi connectivity index (χ3v) is 2.21. The van der Waals surface area contributed by atoms with Crippen LogP contribution in [0.4, 0.5) is 4.39 Å². The van der Waals surface area contributed by atoms with Crippen molar-refractivity contribution in [1.82, 2.24) is 4.98 Å². The van der Waals surface area contributed by atoms with Gasteiger partial charge in [0.1, 0.15) is 6.07 Å². The van der Waals surface area contributed by atoms with E-state index in [1.807, 2.05) is 13.0 Å². The number of nitrogens with zero attached hydrogens (tertiary/aromatic N) is 2. The third kappa shape index (κ3) is 2.40. The number of hydrogen-bond donors (Lipinski definition) is 0. The maximum Gasteiger partial charge on any atom is 0.165 e. The largest absolute Gasteiger partial charge is 0.451 e. The van der Waals surface area contributed by atoms with E-state index in [2.05, 4.69) is 4.98 Å². The van der Waals surface area contributed by atoms with Crippen LogP contribution < -0.4 is 4.74 Å². The van der Waals surface area contributed by atoms with Crippen molar-refractivity contribution in [2.45, 2.75) is 6.92 Å². The molecule has 4 heteroatoms. The Morgan fingerprint density at radius 3 is 2.88 bits per heavy atom. The van der Waals surface area contributed by atoms with Gasteiger partial charge in [-0.05, 0) is 30.7 Å². The average Bonchev–Trinajstić information content (AvgIpc) is 2.34. The van der Waals surface area contributed by atoms with Crippen molar-refractivity contribution in [2.24, 2.45) is 0 Å². The van der Waals surface area contributed by atoms with Crippen molar-refractivity contribution < 1.29 is 9.13 Å². The van der Waals surface area contributed by atoms with E-state index in [4.69, 9.17) is 10.00 Å². The van der Waals surface area contributed by atoms with Gasteiger partial charge in [0.2, 0.25) is 0 Å². The van der Waals surface area contributed by atoms with Gasteiger partial charge in [-0.15, -0.1) is 0 Å². The highest BCUT2D eigenvalue weighted by molar-refractivity contribution is 5.43. The van der Waals surface area contributed by atoms with Gasteiger partial charge in [0, 0.05) is 6.20 Å². The summed E-state index contributed by atoms with van der Waals surface area (Å²) in [6.07, 6.45) is 2.87. The van der Waals surface area contributed by atoms with Crippen LogP contribution >= 0.6 is 0 Å². The molecule has 0 radical (unpaired) electrons. The molecule has 0 saturated carbocycles. The SMILES string of the molecule is Cc1ccc(F)c(Oc2cnccc2C#N)c1. The molecule has 0 aliphatic carbocycles. The number of aryl methyl sites for hydroxylation is 1. The Morgan fingerprint density at radius 2 is 2.12 bits per heavy atom. The number of hydrogen-bond acceptors (Lipinski definition) is 3. The van der Waals surface area contributed by atoms with Crippen molar-refractivity contribution in [3.8, 4) is 17.6 Å². The molecular weight excluding hydrogens is 219 g/mol. The third-order valence-electron chi connectivity index (χ3n) is 2.21. The summed E-state index contributed by atoms with van der Waals surface area (Å²) in [6.45, 7) is 1.83. The van der Waals surface area contributed by atoms with Crippen LogP contribution in [-0.2, 0) is 0 Å². The van der Waals surface area contributed by atoms with Gasteiger partial charge in [0.25, 0.3) is 0 Å². The molecule has 0 spiro atoms. The van der Waals surface area contributed by atoms with Crippen LogP contribution in [0.25, 0.3) is 0 Å². The summed E-state index contributed by atoms with van der Waals surface area (Å²) in [4.78, 5) is 3.84. The topological polar surface area (TPSA) is 45.9 Å². The second-order valence-electron chi connectivity index (χ2n) is 3.52. The first-order valence-electron chi connectivity index (χ1n) is 4.99. The Bertz CT molecular complexity index is 590. The summed E-state index contributed by atoms with van der Waals surface area (Å²) in [5.74, 6) is -0.127. The van der Waals surface area contributed by atoms with E-state index in [-0.39, 0.29) is 11.5 Å². The zero-order valence-electron chi connectivity index (χ0n) is 9.14. The fraction of sp³-hybridized carbons (Fsp3) is 0.0769. The lowest BCUT2D eigenvalue weighted by molar-refractivity contribution is 0.439. The fourth-order valence-corrected chi connectivity index (χ4v) is 1.36. The predicted octanol–water partition coefficient (Wildman–Crippen LogP) is 3.19. The molecule has 0 saturated heterocycles. The maximum atomic E-state index is 13.5. The lowest BCUT2D eigenvalue weighted by Gasteiger charge is -2.08. The summed E-state index contributed by atoms with van der Waals surface area (Å²) >= 11 is 0. The minimum absolute atomic E-state index is 0.0921. The van der Waals surface area contributed by atoms with Gasteiger partial charge in [0.05, 0.1) is 11.8 Å². The minimum atomic E-state index is -0.469. The van der Waals surface area contributed by atoms with Crippen molar-refractivity contribution in [2.75, 3.05) is 0 Å². The Morgan fingerprint density at radius 1 is 1.29 bits per heavy atom. The number of aromatic nitrogens is 1. The van der Waals surface area contributed by atoms with Crippen molar-refractivity contribution in [3.63, 3.8) is 0 Å². The summed E-state index contributed by atoms with van der Waals surface area (Å²) in [6, 6.07) is 8.03. The number of benzene rings is 1. The Hall–Kier alpha value is -2.41. The second-order valence-corrected chi connectivity index (χ2v) is 3.52. The molecule has 1 aromatic carbocycles. The van der Waals surface area contributed by atoms with E-state index in [0.717, 1.165) is 5.56 Å². The van der Waals surface area contributed by atoms with E-state index >= 15 is 0 Å². The molecule has 0 aliphatic heterocycles. The molecule has 1 heterocycles. The van der Waals surface area contributed by atoms with Crippen molar-refractivity contribution >= 4 is 0 Å². The predicted molar refractivity (Wildman–Crippen MR) is 60.2 cm³/mol. The Kier molecular flexibility index (Phi) is 3.01. The van der Waals surface area contributed by atoms with E-state index < -0.39 is 5.82 Å². The molecule has 0 amide bonds. The molecular formula is C13H9FN2O. The van der Waals surface area contributed by atoms with Crippen molar-refractivity contribution in [1.29, 1.82) is 5.26 Å². The number of ether oxygens (including phenoxy) is 1. The molecule has 1 aromatic heterocycles. The van der Waals surface area contributed by atoms with E-state index in [1.165, 1.54) is 24.5 Å². The Labute approximate surface area is 98.1 Å². The van der Waals surface area contributed by atoms with Crippen LogP contribution in [0.3, 0.4) is 0 Å². The highest BCUT2D eigenvalue weighted by Crippen LogP contribution is 2.26. The quantitative estimate of drug-likeness (QED) is 0.792. The van der Waals surface area contributed by atoms with Gasteiger partial charge < -0.3 is 4.74 Å². The monoisotopic (exact) mass is 228 g/mol. The van der Waals surface area contributed by atoms with Gasteiger partial charge in [0.15, 0.2) is 17.3 Å². The highest BCUT2D eigenvalue weighted by Gasteiger charge is 2.08. The summed E-state index contributed by atoms with van der Waals surface area (Å²) in [5, 5.41) is 8.87. The normalized spacial score (nSPS) is 9.71. The van der Waals surface area contributed by atoms with Crippen LogP contribution in [-0.4, -0.2) is 4.98 Å². The Balaban J connectivity index is 2.38. The molecule has 3 nitrogen and oxygen atoms in total. The van der Waals surface area contributed by atoms with Crippen LogP contribution in [0.5, 0.6) is 11.5 Å². The van der Waals surface area contributed by atoms with Gasteiger partial charge in [-0.3, -0.25) is 4.98 Å². The molecule has 2 aromatic rings. The van der Waals surface area contributed by atoms with Crippen LogP contribution in [0.2, 0.25) is 0 Å². The standard InChI is InChI=1S/C13H9FN2O/c1-9-2-3-11(14)12(6-9)17-13-8-16-5-4-10(13)7-15/h2-6,8H,1H3. The molecule has 2 rings (SSSR count). The zero-order valence-corrected chi connectivity index (χ0v) is 9.14. The van der Waals surface area contributed by atoms with E-state index in [9.17, 15) is 4.39 Å². The van der Waals surface area contributed by atoms with Gasteiger partial charge in [-0.2, -0.15) is 5.26 Å². The number of rotatable bonds is 2. The van der Waals surface area contributed by atoms with Crippen LogP contribution in [0, 0.1) is 24.1 Å². The number of pyridine rings is 1. The summed E-state index contributed by atoms with van der Waals surface area (Å²) in [5.41, 5.74) is 1.20. The van der Waals surface area contributed by atoms with Gasteiger partial charge >= 0.3 is 0 Å². The second kappa shape index (κ2) is 4.62. The average molecular weight is 228 g/mol. The molecule has 0 aliphatic rings. The number of nitriles is 1. The minimum Gasteiger partial charge on any atom is -0.451 e. The maximum absolute atomic E-state index is 13.5. The highest BCUT2D eigenvalue weighted by atomic mass is 19.1. The molecule has 0 atom stereocenters. The number of halogens is 1.